The van der Waals surface area contributed by atoms with Crippen molar-refractivity contribution in [1.29, 1.82) is 0 Å². The van der Waals surface area contributed by atoms with E-state index in [-0.39, 0.29) is 0 Å². The van der Waals surface area contributed by atoms with E-state index in [1.165, 1.54) is 75.8 Å². The molecule has 0 aliphatic carbocycles. The molecule has 7 aromatic carbocycles. The van der Waals surface area contributed by atoms with Crippen molar-refractivity contribution in [2.24, 2.45) is 0 Å². The van der Waals surface area contributed by atoms with Crippen molar-refractivity contribution in [3.63, 3.8) is 0 Å². The van der Waals surface area contributed by atoms with Crippen molar-refractivity contribution >= 4 is 56.7 Å². The average Bonchev–Trinajstić information content (AvgIpc) is 3.64. The van der Waals surface area contributed by atoms with Crippen LogP contribution in [0.4, 0.5) is 0 Å². The molecule has 0 saturated carbocycles. The fraction of sp³-hybridized carbons (Fsp3) is 0. The molecule has 0 radical (unpaired) electrons. The number of thiophene rings is 1. The molecular formula is C46H32S. The first-order valence-corrected chi connectivity index (χ1v) is 16.8. The topological polar surface area (TPSA) is 0 Å². The Labute approximate surface area is 280 Å². The Morgan fingerprint density at radius 2 is 0.809 bits per heavy atom. The molecule has 222 valence electrons. The summed E-state index contributed by atoms with van der Waals surface area (Å²) in [5, 5.41) is 4.98. The highest BCUT2D eigenvalue weighted by molar-refractivity contribution is 7.18. The highest BCUT2D eigenvalue weighted by Crippen LogP contribution is 2.36. The van der Waals surface area contributed by atoms with Crippen molar-refractivity contribution in [2.75, 3.05) is 0 Å². The first kappa shape index (κ1) is 28.7. The van der Waals surface area contributed by atoms with Gasteiger partial charge in [0.1, 0.15) is 0 Å². The Morgan fingerprint density at radius 1 is 0.362 bits per heavy atom. The lowest BCUT2D eigenvalue weighted by Crippen LogP contribution is -1.88. The summed E-state index contributed by atoms with van der Waals surface area (Å²) in [5.41, 5.74) is 9.77. The second kappa shape index (κ2) is 12.9. The minimum absolute atomic E-state index is 1.19. The zero-order chi connectivity index (χ0) is 31.4. The third-order valence-corrected chi connectivity index (χ3v) is 9.83. The quantitative estimate of drug-likeness (QED) is 0.156. The summed E-state index contributed by atoms with van der Waals surface area (Å²) in [6, 6.07) is 63.3. The van der Waals surface area contributed by atoms with Gasteiger partial charge in [-0.2, -0.15) is 0 Å². The molecule has 47 heavy (non-hydrogen) atoms. The van der Waals surface area contributed by atoms with Gasteiger partial charge in [0.25, 0.3) is 0 Å². The van der Waals surface area contributed by atoms with E-state index in [0.717, 1.165) is 0 Å². The maximum Gasteiger partial charge on any atom is 0.0349 e. The normalized spacial score (nSPS) is 11.3. The number of hydrogen-bond acceptors (Lipinski definition) is 1. The maximum absolute atomic E-state index is 2.30. The van der Waals surface area contributed by atoms with Gasteiger partial charge in [0.05, 0.1) is 0 Å². The summed E-state index contributed by atoms with van der Waals surface area (Å²) in [4.78, 5) is 2.59. The molecule has 0 atom stereocenters. The SMILES string of the molecule is C(=Cc1ccc2cc(-c3ccc(-c4ccccc4)s3)ccc2c1)c1ccc2cc(C=C(c3ccccc3)c3ccccc3)ccc2c1. The molecule has 0 fully saturated rings. The molecule has 1 heterocycles. The largest absolute Gasteiger partial charge is 0.135 e. The van der Waals surface area contributed by atoms with E-state index in [1.807, 2.05) is 11.3 Å². The molecule has 0 spiro atoms. The molecule has 8 aromatic rings. The van der Waals surface area contributed by atoms with Gasteiger partial charge >= 0.3 is 0 Å². The molecule has 1 aromatic heterocycles. The minimum Gasteiger partial charge on any atom is -0.135 e. The third kappa shape index (κ3) is 6.35. The van der Waals surface area contributed by atoms with Gasteiger partial charge in [-0.25, -0.2) is 0 Å². The molecule has 0 amide bonds. The second-order valence-electron chi connectivity index (χ2n) is 11.8. The molecular weight excluding hydrogens is 585 g/mol. The summed E-state index contributed by atoms with van der Waals surface area (Å²) in [6.45, 7) is 0. The predicted octanol–water partition coefficient (Wildman–Crippen LogP) is 13.1. The van der Waals surface area contributed by atoms with E-state index in [4.69, 9.17) is 0 Å². The zero-order valence-corrected chi connectivity index (χ0v) is 26.7. The lowest BCUT2D eigenvalue weighted by atomic mass is 9.95. The van der Waals surface area contributed by atoms with Crippen LogP contribution in [-0.2, 0) is 0 Å². The van der Waals surface area contributed by atoms with Crippen LogP contribution in [0.15, 0.2) is 176 Å². The number of benzene rings is 7. The zero-order valence-electron chi connectivity index (χ0n) is 25.9. The smallest absolute Gasteiger partial charge is 0.0349 e. The summed E-state index contributed by atoms with van der Waals surface area (Å²) in [7, 11) is 0. The van der Waals surface area contributed by atoms with E-state index >= 15 is 0 Å². The van der Waals surface area contributed by atoms with Gasteiger partial charge in [-0.05, 0) is 109 Å². The van der Waals surface area contributed by atoms with Gasteiger partial charge in [0.15, 0.2) is 0 Å². The van der Waals surface area contributed by atoms with Crippen LogP contribution in [0.2, 0.25) is 0 Å². The average molecular weight is 617 g/mol. The maximum atomic E-state index is 2.30. The van der Waals surface area contributed by atoms with Gasteiger partial charge in [-0.3, -0.25) is 0 Å². The number of hydrogen-bond donors (Lipinski definition) is 0. The Bertz CT molecular complexity index is 2330. The summed E-state index contributed by atoms with van der Waals surface area (Å²) < 4.78 is 0. The van der Waals surface area contributed by atoms with Crippen LogP contribution in [0.1, 0.15) is 27.8 Å². The summed E-state index contributed by atoms with van der Waals surface area (Å²) in [5.74, 6) is 0. The fourth-order valence-corrected chi connectivity index (χ4v) is 7.18. The van der Waals surface area contributed by atoms with Crippen molar-refractivity contribution in [2.45, 2.75) is 0 Å². The first-order chi connectivity index (χ1) is 23.2. The van der Waals surface area contributed by atoms with Crippen LogP contribution in [0.3, 0.4) is 0 Å². The summed E-state index contributed by atoms with van der Waals surface area (Å²) in [6.07, 6.45) is 6.72. The lowest BCUT2D eigenvalue weighted by molar-refractivity contribution is 1.55. The molecule has 8 rings (SSSR count). The van der Waals surface area contributed by atoms with Crippen LogP contribution in [0.5, 0.6) is 0 Å². The molecule has 0 bridgehead atoms. The van der Waals surface area contributed by atoms with Gasteiger partial charge < -0.3 is 0 Å². The lowest BCUT2D eigenvalue weighted by Gasteiger charge is -2.10. The fourth-order valence-electron chi connectivity index (χ4n) is 6.18. The first-order valence-electron chi connectivity index (χ1n) is 16.0. The molecule has 1 heteroatoms. The number of fused-ring (bicyclic) bond motifs is 2. The Balaban J connectivity index is 1.02. The second-order valence-corrected chi connectivity index (χ2v) is 12.9. The van der Waals surface area contributed by atoms with Crippen LogP contribution < -0.4 is 0 Å². The van der Waals surface area contributed by atoms with Crippen LogP contribution in [0, 0.1) is 0 Å². The van der Waals surface area contributed by atoms with Crippen LogP contribution in [0.25, 0.3) is 66.2 Å². The van der Waals surface area contributed by atoms with Crippen LogP contribution >= 0.6 is 11.3 Å². The van der Waals surface area contributed by atoms with Gasteiger partial charge in [0, 0.05) is 9.75 Å². The van der Waals surface area contributed by atoms with Gasteiger partial charge in [-0.15, -0.1) is 11.3 Å². The standard InChI is InChI=1S/C46H32S/c1-4-10-36(11-5-1)44(37-12-6-2-7-13-37)31-35-20-23-39-28-33(18-21-40(39)30-35)16-17-34-19-22-42-32-43(25-24-41(42)29-34)46-27-26-45(47-46)38-14-8-3-9-15-38/h1-32H. The van der Waals surface area contributed by atoms with Crippen LogP contribution in [-0.4, -0.2) is 0 Å². The van der Waals surface area contributed by atoms with Gasteiger partial charge in [-0.1, -0.05) is 152 Å². The third-order valence-electron chi connectivity index (χ3n) is 8.65. The molecule has 0 nitrogen and oxygen atoms in total. The molecule has 0 aliphatic heterocycles. The highest BCUT2D eigenvalue weighted by atomic mass is 32.1. The Hall–Kier alpha value is -5.76. The molecule has 0 aliphatic rings. The predicted molar refractivity (Wildman–Crippen MR) is 205 cm³/mol. The number of rotatable bonds is 7. The summed E-state index contributed by atoms with van der Waals surface area (Å²) >= 11 is 1.84. The van der Waals surface area contributed by atoms with Crippen molar-refractivity contribution in [3.8, 4) is 20.9 Å². The van der Waals surface area contributed by atoms with Crippen molar-refractivity contribution in [1.82, 2.24) is 0 Å². The Morgan fingerprint density at radius 3 is 1.38 bits per heavy atom. The molecule has 0 N–H and O–H groups in total. The van der Waals surface area contributed by atoms with E-state index < -0.39 is 0 Å². The van der Waals surface area contributed by atoms with E-state index in [1.54, 1.807) is 0 Å². The minimum atomic E-state index is 1.19. The molecule has 0 saturated heterocycles. The van der Waals surface area contributed by atoms with E-state index in [0.29, 0.717) is 0 Å². The van der Waals surface area contributed by atoms with Crippen molar-refractivity contribution < 1.29 is 0 Å². The highest BCUT2D eigenvalue weighted by Gasteiger charge is 2.07. The van der Waals surface area contributed by atoms with Crippen molar-refractivity contribution in [3.05, 3.63) is 204 Å². The van der Waals surface area contributed by atoms with E-state index in [9.17, 15) is 0 Å². The Kier molecular flexibility index (Phi) is 7.89. The van der Waals surface area contributed by atoms with Gasteiger partial charge in [0.2, 0.25) is 0 Å². The molecule has 0 unspecified atom stereocenters. The monoisotopic (exact) mass is 616 g/mol. The van der Waals surface area contributed by atoms with E-state index in [2.05, 4.69) is 194 Å².